The Kier molecular flexibility index (Phi) is 6.59. The first kappa shape index (κ1) is 22.2. The Bertz CT molecular complexity index is 1300. The molecule has 1 atom stereocenters. The molecule has 1 amide bonds. The lowest BCUT2D eigenvalue weighted by molar-refractivity contribution is -0.113. The summed E-state index contributed by atoms with van der Waals surface area (Å²) in [6.45, 7) is 4.64. The molecule has 1 aliphatic heterocycles. The second kappa shape index (κ2) is 10.1. The van der Waals surface area contributed by atoms with E-state index >= 15 is 0 Å². The summed E-state index contributed by atoms with van der Waals surface area (Å²) in [5.41, 5.74) is 1.84. The van der Waals surface area contributed by atoms with Gasteiger partial charge in [0.1, 0.15) is 6.61 Å². The Morgan fingerprint density at radius 1 is 1.18 bits per heavy atom. The van der Waals surface area contributed by atoms with Crippen LogP contribution in [-0.2, 0) is 11.3 Å². The number of para-hydroxylation sites is 2. The molecular formula is C24H21N5O3S2. The van der Waals surface area contributed by atoms with E-state index in [9.17, 15) is 4.79 Å². The summed E-state index contributed by atoms with van der Waals surface area (Å²) >= 11 is 2.69. The van der Waals surface area contributed by atoms with Gasteiger partial charge in [-0.15, -0.1) is 28.1 Å². The molecule has 0 aliphatic carbocycles. The predicted molar refractivity (Wildman–Crippen MR) is 132 cm³/mol. The standard InChI is InChI=1S/C24H21N5O3S2/c1-2-12-29-22(20-13-31-18-10-6-7-11-19(18)32-20)27-28-24(29)34-15-21(30)26-23-25-17(14-33-23)16-8-4-3-5-9-16/h2-11,14,20H,1,12-13,15H2,(H,25,26,30). The number of benzene rings is 2. The molecule has 1 aliphatic rings. The normalized spacial score (nSPS) is 14.5. The Labute approximate surface area is 204 Å². The molecule has 10 heteroatoms. The SMILES string of the molecule is C=CCn1c(SCC(=O)Nc2nc(-c3ccccc3)cs2)nnc1C1COc2ccccc2O1. The lowest BCUT2D eigenvalue weighted by Crippen LogP contribution is -2.25. The van der Waals surface area contributed by atoms with Crippen LogP contribution in [-0.4, -0.2) is 38.0 Å². The average molecular weight is 492 g/mol. The molecule has 8 nitrogen and oxygen atoms in total. The fraction of sp³-hybridized carbons (Fsp3) is 0.167. The van der Waals surface area contributed by atoms with Crippen LogP contribution in [0, 0.1) is 0 Å². The van der Waals surface area contributed by atoms with Crippen LogP contribution in [0.15, 0.2) is 77.8 Å². The van der Waals surface area contributed by atoms with Crippen LogP contribution in [0.2, 0.25) is 0 Å². The van der Waals surface area contributed by atoms with E-state index < -0.39 is 6.10 Å². The fourth-order valence-corrected chi connectivity index (χ4v) is 4.94. The Hall–Kier alpha value is -3.63. The van der Waals surface area contributed by atoms with E-state index in [2.05, 4.69) is 27.1 Å². The number of aromatic nitrogens is 4. The summed E-state index contributed by atoms with van der Waals surface area (Å²) in [7, 11) is 0. The first-order valence-electron chi connectivity index (χ1n) is 10.6. The highest BCUT2D eigenvalue weighted by Gasteiger charge is 2.28. The van der Waals surface area contributed by atoms with Gasteiger partial charge in [0.2, 0.25) is 5.91 Å². The molecule has 0 radical (unpaired) electrons. The first-order chi connectivity index (χ1) is 16.7. The van der Waals surface area contributed by atoms with Crippen molar-refractivity contribution >= 4 is 34.1 Å². The molecule has 1 unspecified atom stereocenters. The lowest BCUT2D eigenvalue weighted by Gasteiger charge is -2.26. The largest absolute Gasteiger partial charge is 0.485 e. The molecule has 4 aromatic rings. The fourth-order valence-electron chi connectivity index (χ4n) is 3.45. The molecule has 2 aromatic carbocycles. The number of thiazole rings is 1. The minimum atomic E-state index is -0.405. The zero-order valence-electron chi connectivity index (χ0n) is 18.1. The van der Waals surface area contributed by atoms with Gasteiger partial charge in [0.25, 0.3) is 0 Å². The van der Waals surface area contributed by atoms with Gasteiger partial charge in [-0.25, -0.2) is 4.98 Å². The van der Waals surface area contributed by atoms with Gasteiger partial charge < -0.3 is 14.8 Å². The number of nitrogens with zero attached hydrogens (tertiary/aromatic N) is 4. The van der Waals surface area contributed by atoms with Crippen molar-refractivity contribution in [3.8, 4) is 22.8 Å². The maximum absolute atomic E-state index is 12.6. The Morgan fingerprint density at radius 3 is 2.79 bits per heavy atom. The van der Waals surface area contributed by atoms with Crippen molar-refractivity contribution < 1.29 is 14.3 Å². The number of hydrogen-bond donors (Lipinski definition) is 1. The van der Waals surface area contributed by atoms with E-state index in [-0.39, 0.29) is 11.7 Å². The van der Waals surface area contributed by atoms with Crippen molar-refractivity contribution in [3.63, 3.8) is 0 Å². The zero-order chi connectivity index (χ0) is 23.3. The minimum absolute atomic E-state index is 0.167. The number of fused-ring (bicyclic) bond motifs is 1. The second-order valence-electron chi connectivity index (χ2n) is 7.35. The van der Waals surface area contributed by atoms with Crippen LogP contribution >= 0.6 is 23.1 Å². The van der Waals surface area contributed by atoms with E-state index in [0.29, 0.717) is 40.8 Å². The second-order valence-corrected chi connectivity index (χ2v) is 9.15. The van der Waals surface area contributed by atoms with Crippen molar-refractivity contribution in [1.82, 2.24) is 19.7 Å². The van der Waals surface area contributed by atoms with Gasteiger partial charge in [-0.1, -0.05) is 60.3 Å². The quantitative estimate of drug-likeness (QED) is 0.279. The minimum Gasteiger partial charge on any atom is -0.485 e. The number of amides is 1. The van der Waals surface area contributed by atoms with Gasteiger partial charge >= 0.3 is 0 Å². The topological polar surface area (TPSA) is 91.2 Å². The lowest BCUT2D eigenvalue weighted by atomic mass is 10.2. The van der Waals surface area contributed by atoms with Crippen molar-refractivity contribution in [3.05, 3.63) is 78.5 Å². The number of rotatable bonds is 8. The summed E-state index contributed by atoms with van der Waals surface area (Å²) in [4.78, 5) is 17.1. The van der Waals surface area contributed by atoms with Crippen LogP contribution in [0.5, 0.6) is 11.5 Å². The number of ether oxygens (including phenoxy) is 2. The smallest absolute Gasteiger partial charge is 0.236 e. The summed E-state index contributed by atoms with van der Waals surface area (Å²) < 4.78 is 13.8. The highest BCUT2D eigenvalue weighted by atomic mass is 32.2. The molecule has 0 saturated heterocycles. The number of allylic oxidation sites excluding steroid dienone is 1. The molecule has 172 valence electrons. The molecule has 2 aromatic heterocycles. The van der Waals surface area contributed by atoms with E-state index in [0.717, 1.165) is 11.3 Å². The van der Waals surface area contributed by atoms with E-state index in [1.807, 2.05) is 64.5 Å². The summed E-state index contributed by atoms with van der Waals surface area (Å²) in [5, 5.41) is 14.6. The average Bonchev–Trinajstić information content (AvgIpc) is 3.50. The van der Waals surface area contributed by atoms with Gasteiger partial charge in [0.15, 0.2) is 33.7 Å². The van der Waals surface area contributed by atoms with Crippen LogP contribution in [0.1, 0.15) is 11.9 Å². The molecule has 1 N–H and O–H groups in total. The monoisotopic (exact) mass is 491 g/mol. The third-order valence-corrected chi connectivity index (χ3v) is 6.73. The van der Waals surface area contributed by atoms with Crippen LogP contribution in [0.3, 0.4) is 0 Å². The van der Waals surface area contributed by atoms with E-state index in [4.69, 9.17) is 9.47 Å². The van der Waals surface area contributed by atoms with Crippen LogP contribution in [0.4, 0.5) is 5.13 Å². The van der Waals surface area contributed by atoms with Gasteiger partial charge in [-0.3, -0.25) is 9.36 Å². The zero-order valence-corrected chi connectivity index (χ0v) is 19.7. The van der Waals surface area contributed by atoms with Gasteiger partial charge in [-0.2, -0.15) is 0 Å². The number of anilines is 1. The van der Waals surface area contributed by atoms with E-state index in [1.54, 1.807) is 6.08 Å². The molecule has 0 bridgehead atoms. The van der Waals surface area contributed by atoms with Crippen LogP contribution < -0.4 is 14.8 Å². The molecular weight excluding hydrogens is 470 g/mol. The van der Waals surface area contributed by atoms with Gasteiger partial charge in [-0.05, 0) is 12.1 Å². The Balaban J connectivity index is 1.24. The third-order valence-electron chi connectivity index (χ3n) is 5.01. The molecule has 0 spiro atoms. The molecule has 34 heavy (non-hydrogen) atoms. The Morgan fingerprint density at radius 2 is 1.97 bits per heavy atom. The molecule has 0 saturated carbocycles. The number of thioether (sulfide) groups is 1. The highest BCUT2D eigenvalue weighted by molar-refractivity contribution is 7.99. The number of nitrogens with one attached hydrogen (secondary N) is 1. The first-order valence-corrected chi connectivity index (χ1v) is 12.4. The third kappa shape index (κ3) is 4.82. The van der Waals surface area contributed by atoms with Crippen molar-refractivity contribution in [2.75, 3.05) is 17.7 Å². The maximum Gasteiger partial charge on any atom is 0.236 e. The van der Waals surface area contributed by atoms with Crippen molar-refractivity contribution in [2.24, 2.45) is 0 Å². The summed E-state index contributed by atoms with van der Waals surface area (Å²) in [6.07, 6.45) is 1.35. The van der Waals surface area contributed by atoms with E-state index in [1.165, 1.54) is 23.1 Å². The van der Waals surface area contributed by atoms with Gasteiger partial charge in [0, 0.05) is 17.5 Å². The molecule has 3 heterocycles. The van der Waals surface area contributed by atoms with Gasteiger partial charge in [0.05, 0.1) is 11.4 Å². The summed E-state index contributed by atoms with van der Waals surface area (Å²) in [5.74, 6) is 2.00. The number of carbonyl (C=O) groups excluding carboxylic acids is 1. The maximum atomic E-state index is 12.6. The van der Waals surface area contributed by atoms with Crippen LogP contribution in [0.25, 0.3) is 11.3 Å². The molecule has 0 fully saturated rings. The predicted octanol–water partition coefficient (Wildman–Crippen LogP) is 4.83. The highest BCUT2D eigenvalue weighted by Crippen LogP contribution is 2.36. The summed E-state index contributed by atoms with van der Waals surface area (Å²) in [6, 6.07) is 17.4. The number of hydrogen-bond acceptors (Lipinski definition) is 8. The number of carbonyl (C=O) groups is 1. The van der Waals surface area contributed by atoms with Crippen molar-refractivity contribution in [1.29, 1.82) is 0 Å². The van der Waals surface area contributed by atoms with Crippen molar-refractivity contribution in [2.45, 2.75) is 17.8 Å². The molecule has 5 rings (SSSR count).